The summed E-state index contributed by atoms with van der Waals surface area (Å²) in [6.07, 6.45) is 2.45. The number of amides is 1. The van der Waals surface area contributed by atoms with Crippen molar-refractivity contribution in [2.45, 2.75) is 50.7 Å². The second kappa shape index (κ2) is 7.02. The number of hydrogen-bond donors (Lipinski definition) is 4. The molecule has 5 heteroatoms. The van der Waals surface area contributed by atoms with Gasteiger partial charge in [-0.15, -0.1) is 0 Å². The summed E-state index contributed by atoms with van der Waals surface area (Å²) in [5.74, 6) is 0.0117. The summed E-state index contributed by atoms with van der Waals surface area (Å²) in [6, 6.07) is 10.1. The van der Waals surface area contributed by atoms with Gasteiger partial charge < -0.3 is 11.1 Å². The fourth-order valence-corrected chi connectivity index (χ4v) is 2.52. The van der Waals surface area contributed by atoms with Crippen molar-refractivity contribution in [1.82, 2.24) is 16.2 Å². The number of hydrazine groups is 1. The SMILES string of the molecule is CCC(N)(CC)CNC(=O)C1CC(c2ccccc2)NN1. The molecule has 2 rings (SSSR count). The van der Waals surface area contributed by atoms with E-state index in [-0.39, 0.29) is 23.5 Å². The van der Waals surface area contributed by atoms with Gasteiger partial charge in [-0.2, -0.15) is 0 Å². The van der Waals surface area contributed by atoms with Gasteiger partial charge in [0, 0.05) is 18.1 Å². The molecule has 5 N–H and O–H groups in total. The van der Waals surface area contributed by atoms with E-state index in [1.165, 1.54) is 5.56 Å². The summed E-state index contributed by atoms with van der Waals surface area (Å²) in [7, 11) is 0. The van der Waals surface area contributed by atoms with E-state index in [2.05, 4.69) is 42.1 Å². The molecule has 0 bridgehead atoms. The quantitative estimate of drug-likeness (QED) is 0.635. The Bertz CT molecular complexity index is 459. The molecule has 1 heterocycles. The molecule has 0 spiro atoms. The van der Waals surface area contributed by atoms with Gasteiger partial charge in [0.1, 0.15) is 6.04 Å². The summed E-state index contributed by atoms with van der Waals surface area (Å²) in [4.78, 5) is 12.2. The molecule has 2 unspecified atom stereocenters. The molecule has 1 amide bonds. The first-order chi connectivity index (χ1) is 10.1. The highest BCUT2D eigenvalue weighted by molar-refractivity contribution is 5.82. The van der Waals surface area contributed by atoms with Crippen LogP contribution < -0.4 is 21.9 Å². The van der Waals surface area contributed by atoms with E-state index in [0.717, 1.165) is 19.3 Å². The van der Waals surface area contributed by atoms with Gasteiger partial charge in [0.2, 0.25) is 5.91 Å². The Morgan fingerprint density at radius 1 is 1.29 bits per heavy atom. The van der Waals surface area contributed by atoms with Crippen molar-refractivity contribution in [2.75, 3.05) is 6.54 Å². The van der Waals surface area contributed by atoms with Crippen LogP contribution in [-0.2, 0) is 4.79 Å². The Morgan fingerprint density at radius 2 is 1.95 bits per heavy atom. The molecule has 116 valence electrons. The zero-order valence-corrected chi connectivity index (χ0v) is 12.9. The van der Waals surface area contributed by atoms with Crippen LogP contribution in [0.1, 0.15) is 44.7 Å². The molecular weight excluding hydrogens is 264 g/mol. The maximum absolute atomic E-state index is 12.2. The number of nitrogens with one attached hydrogen (secondary N) is 3. The van der Waals surface area contributed by atoms with Crippen LogP contribution in [0, 0.1) is 0 Å². The number of nitrogens with two attached hydrogens (primary N) is 1. The molecule has 1 aromatic rings. The molecular formula is C16H26N4O. The smallest absolute Gasteiger partial charge is 0.238 e. The monoisotopic (exact) mass is 290 g/mol. The number of hydrogen-bond acceptors (Lipinski definition) is 4. The Hall–Kier alpha value is -1.43. The highest BCUT2D eigenvalue weighted by Gasteiger charge is 2.31. The van der Waals surface area contributed by atoms with Crippen LogP contribution in [0.25, 0.3) is 0 Å². The minimum atomic E-state index is -0.305. The van der Waals surface area contributed by atoms with Crippen LogP contribution in [0.3, 0.4) is 0 Å². The minimum Gasteiger partial charge on any atom is -0.353 e. The number of carbonyl (C=O) groups excluding carboxylic acids is 1. The third-order valence-electron chi connectivity index (χ3n) is 4.44. The fraction of sp³-hybridized carbons (Fsp3) is 0.562. The van der Waals surface area contributed by atoms with Crippen molar-refractivity contribution in [3.8, 4) is 0 Å². The molecule has 2 atom stereocenters. The predicted octanol–water partition coefficient (Wildman–Crippen LogP) is 1.23. The maximum Gasteiger partial charge on any atom is 0.238 e. The van der Waals surface area contributed by atoms with Crippen molar-refractivity contribution in [1.29, 1.82) is 0 Å². The van der Waals surface area contributed by atoms with Crippen molar-refractivity contribution < 1.29 is 4.79 Å². The largest absolute Gasteiger partial charge is 0.353 e. The predicted molar refractivity (Wildman–Crippen MR) is 84.4 cm³/mol. The average Bonchev–Trinajstić information content (AvgIpc) is 3.03. The molecule has 21 heavy (non-hydrogen) atoms. The van der Waals surface area contributed by atoms with Gasteiger partial charge in [0.15, 0.2) is 0 Å². The molecule has 0 aliphatic carbocycles. The number of benzene rings is 1. The minimum absolute atomic E-state index is 0.0117. The summed E-state index contributed by atoms with van der Waals surface area (Å²) in [6.45, 7) is 4.62. The first-order valence-corrected chi connectivity index (χ1v) is 7.70. The molecule has 1 saturated heterocycles. The van der Waals surface area contributed by atoms with Gasteiger partial charge in [-0.25, -0.2) is 10.9 Å². The van der Waals surface area contributed by atoms with Crippen LogP contribution in [0.15, 0.2) is 30.3 Å². The topological polar surface area (TPSA) is 79.2 Å². The molecule has 0 saturated carbocycles. The first-order valence-electron chi connectivity index (χ1n) is 7.70. The van der Waals surface area contributed by atoms with E-state index < -0.39 is 0 Å². The van der Waals surface area contributed by atoms with Crippen LogP contribution in [0.2, 0.25) is 0 Å². The van der Waals surface area contributed by atoms with Crippen LogP contribution in [-0.4, -0.2) is 24.0 Å². The van der Waals surface area contributed by atoms with E-state index in [0.29, 0.717) is 6.54 Å². The highest BCUT2D eigenvalue weighted by atomic mass is 16.2. The molecule has 1 aromatic carbocycles. The van der Waals surface area contributed by atoms with Gasteiger partial charge in [0.05, 0.1) is 0 Å². The maximum atomic E-state index is 12.2. The van der Waals surface area contributed by atoms with Crippen molar-refractivity contribution in [2.24, 2.45) is 5.73 Å². The van der Waals surface area contributed by atoms with E-state index in [9.17, 15) is 4.79 Å². The zero-order valence-electron chi connectivity index (χ0n) is 12.9. The lowest BCUT2D eigenvalue weighted by Crippen LogP contribution is -2.52. The summed E-state index contributed by atoms with van der Waals surface area (Å²) in [5.41, 5.74) is 13.4. The van der Waals surface area contributed by atoms with Gasteiger partial charge in [-0.05, 0) is 24.8 Å². The van der Waals surface area contributed by atoms with Gasteiger partial charge in [-0.3, -0.25) is 4.79 Å². The third kappa shape index (κ3) is 4.03. The van der Waals surface area contributed by atoms with Gasteiger partial charge >= 0.3 is 0 Å². The third-order valence-corrected chi connectivity index (χ3v) is 4.44. The molecule has 1 aliphatic rings. The molecule has 5 nitrogen and oxygen atoms in total. The Kier molecular flexibility index (Phi) is 5.33. The molecule has 1 aliphatic heterocycles. The fourth-order valence-electron chi connectivity index (χ4n) is 2.52. The molecule has 1 fully saturated rings. The zero-order chi connectivity index (χ0) is 15.3. The Balaban J connectivity index is 1.85. The first kappa shape index (κ1) is 15.9. The average molecular weight is 290 g/mol. The van der Waals surface area contributed by atoms with E-state index in [1.54, 1.807) is 0 Å². The van der Waals surface area contributed by atoms with Crippen LogP contribution in [0.4, 0.5) is 0 Å². The van der Waals surface area contributed by atoms with E-state index in [1.807, 2.05) is 18.2 Å². The van der Waals surface area contributed by atoms with Crippen LogP contribution in [0.5, 0.6) is 0 Å². The van der Waals surface area contributed by atoms with Gasteiger partial charge in [0.25, 0.3) is 0 Å². The van der Waals surface area contributed by atoms with Crippen LogP contribution >= 0.6 is 0 Å². The van der Waals surface area contributed by atoms with Crippen molar-refractivity contribution >= 4 is 5.91 Å². The van der Waals surface area contributed by atoms with Crippen molar-refractivity contribution in [3.05, 3.63) is 35.9 Å². The standard InChI is InChI=1S/C16H26N4O/c1-3-16(17,4-2)11-18-15(21)14-10-13(19-20-14)12-8-6-5-7-9-12/h5-9,13-14,19-20H,3-4,10-11,17H2,1-2H3,(H,18,21). The van der Waals surface area contributed by atoms with E-state index in [4.69, 9.17) is 5.73 Å². The number of carbonyl (C=O) groups is 1. The summed E-state index contributed by atoms with van der Waals surface area (Å²) in [5, 5.41) is 2.97. The molecule has 0 radical (unpaired) electrons. The second-order valence-electron chi connectivity index (χ2n) is 5.83. The summed E-state index contributed by atoms with van der Waals surface area (Å²) >= 11 is 0. The summed E-state index contributed by atoms with van der Waals surface area (Å²) < 4.78 is 0. The lowest BCUT2D eigenvalue weighted by molar-refractivity contribution is -0.123. The van der Waals surface area contributed by atoms with Crippen molar-refractivity contribution in [3.63, 3.8) is 0 Å². The second-order valence-corrected chi connectivity index (χ2v) is 5.83. The lowest BCUT2D eigenvalue weighted by Gasteiger charge is -2.27. The molecule has 0 aromatic heterocycles. The lowest BCUT2D eigenvalue weighted by atomic mass is 9.94. The Labute approximate surface area is 126 Å². The number of rotatable bonds is 6. The van der Waals surface area contributed by atoms with E-state index >= 15 is 0 Å². The normalized spacial score (nSPS) is 22.2. The highest BCUT2D eigenvalue weighted by Crippen LogP contribution is 2.21. The van der Waals surface area contributed by atoms with Gasteiger partial charge in [-0.1, -0.05) is 44.2 Å². The Morgan fingerprint density at radius 3 is 2.57 bits per heavy atom.